The van der Waals surface area contributed by atoms with E-state index in [-0.39, 0.29) is 12.5 Å². The lowest BCUT2D eigenvalue weighted by molar-refractivity contribution is -0.142. The molecule has 21 heavy (non-hydrogen) atoms. The molecule has 1 heterocycles. The number of rotatable bonds is 6. The predicted octanol–water partition coefficient (Wildman–Crippen LogP) is 2.64. The second-order valence-corrected chi connectivity index (χ2v) is 4.89. The van der Waals surface area contributed by atoms with Crippen molar-refractivity contribution in [2.45, 2.75) is 20.4 Å². The third kappa shape index (κ3) is 4.16. The van der Waals surface area contributed by atoms with Crippen molar-refractivity contribution in [3.63, 3.8) is 0 Å². The molecule has 0 aliphatic heterocycles. The first kappa shape index (κ1) is 15.3. The zero-order valence-corrected chi connectivity index (χ0v) is 12.6. The fraction of sp³-hybridized carbons (Fsp3) is 0.375. The van der Waals surface area contributed by atoms with Crippen LogP contribution in [-0.2, 0) is 16.1 Å². The van der Waals surface area contributed by atoms with Gasteiger partial charge in [-0.05, 0) is 25.6 Å². The van der Waals surface area contributed by atoms with Crippen LogP contribution in [0, 0.1) is 6.92 Å². The van der Waals surface area contributed by atoms with Crippen molar-refractivity contribution in [3.05, 3.63) is 41.8 Å². The summed E-state index contributed by atoms with van der Waals surface area (Å²) in [5.41, 5.74) is 2.94. The Hall–Kier alpha value is -2.14. The summed E-state index contributed by atoms with van der Waals surface area (Å²) < 4.78 is 10.2. The summed E-state index contributed by atoms with van der Waals surface area (Å²) in [4.78, 5) is 17.7. The summed E-state index contributed by atoms with van der Waals surface area (Å²) in [6, 6.07) is 8.01. The van der Waals surface area contributed by atoms with E-state index in [4.69, 9.17) is 4.42 Å². The Bertz CT molecular complexity index is 590. The molecule has 2 rings (SSSR count). The number of nitrogens with zero attached hydrogens (tertiary/aromatic N) is 2. The molecule has 0 atom stereocenters. The van der Waals surface area contributed by atoms with Crippen LogP contribution in [0.2, 0.25) is 0 Å². The molecule has 112 valence electrons. The molecule has 0 aliphatic rings. The van der Waals surface area contributed by atoms with Gasteiger partial charge in [-0.15, -0.1) is 0 Å². The number of aryl methyl sites for hydroxylation is 1. The summed E-state index contributed by atoms with van der Waals surface area (Å²) in [5, 5.41) is 0. The number of hydrogen-bond acceptors (Lipinski definition) is 5. The average Bonchev–Trinajstić information content (AvgIpc) is 2.95. The number of hydrogen-bond donors (Lipinski definition) is 0. The molecule has 5 nitrogen and oxygen atoms in total. The van der Waals surface area contributed by atoms with Gasteiger partial charge >= 0.3 is 5.97 Å². The molecule has 0 saturated heterocycles. The van der Waals surface area contributed by atoms with Crippen LogP contribution in [0.15, 0.2) is 34.9 Å². The Morgan fingerprint density at radius 1 is 1.33 bits per heavy atom. The van der Waals surface area contributed by atoms with Gasteiger partial charge in [0.2, 0.25) is 5.89 Å². The van der Waals surface area contributed by atoms with Gasteiger partial charge in [0.05, 0.1) is 19.3 Å². The molecule has 0 bridgehead atoms. The number of oxazole rings is 1. The molecule has 0 amide bonds. The fourth-order valence-corrected chi connectivity index (χ4v) is 1.96. The maximum Gasteiger partial charge on any atom is 0.319 e. The lowest BCUT2D eigenvalue weighted by Gasteiger charge is -2.16. The van der Waals surface area contributed by atoms with Crippen LogP contribution in [0.3, 0.4) is 0 Å². The van der Waals surface area contributed by atoms with E-state index in [0.717, 1.165) is 17.8 Å². The van der Waals surface area contributed by atoms with Crippen molar-refractivity contribution < 1.29 is 13.9 Å². The fourth-order valence-electron chi connectivity index (χ4n) is 1.96. The predicted molar refractivity (Wildman–Crippen MR) is 79.6 cm³/mol. The first-order chi connectivity index (χ1) is 10.1. The normalized spacial score (nSPS) is 10.9. The largest absolute Gasteiger partial charge is 0.468 e. The minimum atomic E-state index is -0.251. The van der Waals surface area contributed by atoms with Gasteiger partial charge < -0.3 is 9.15 Å². The van der Waals surface area contributed by atoms with Crippen LogP contribution >= 0.6 is 0 Å². The molecule has 0 aliphatic carbocycles. The molecule has 0 radical (unpaired) electrons. The Morgan fingerprint density at radius 2 is 2.05 bits per heavy atom. The van der Waals surface area contributed by atoms with E-state index in [9.17, 15) is 4.79 Å². The van der Waals surface area contributed by atoms with E-state index in [0.29, 0.717) is 12.4 Å². The Kier molecular flexibility index (Phi) is 5.11. The molecule has 2 aromatic rings. The second-order valence-electron chi connectivity index (χ2n) is 4.89. The highest BCUT2D eigenvalue weighted by atomic mass is 16.5. The Labute approximate surface area is 124 Å². The van der Waals surface area contributed by atoms with Gasteiger partial charge in [-0.25, -0.2) is 4.98 Å². The molecule has 0 fully saturated rings. The minimum absolute atomic E-state index is 0.250. The third-order valence-electron chi connectivity index (χ3n) is 3.26. The van der Waals surface area contributed by atoms with Crippen LogP contribution in [-0.4, -0.2) is 36.1 Å². The number of carbonyl (C=O) groups excluding carboxylic acids is 1. The van der Waals surface area contributed by atoms with Gasteiger partial charge in [0, 0.05) is 12.1 Å². The Balaban J connectivity index is 2.05. The van der Waals surface area contributed by atoms with Crippen LogP contribution in [0.1, 0.15) is 18.2 Å². The standard InChI is InChI=1S/C16H20N2O3/c1-4-18(10-15(19)20-3)9-14-11-21-16(17-14)13-7-5-12(2)6-8-13/h5-8,11H,4,9-10H2,1-3H3. The van der Waals surface area contributed by atoms with Gasteiger partial charge in [-0.3, -0.25) is 9.69 Å². The second kappa shape index (κ2) is 7.04. The highest BCUT2D eigenvalue weighted by Crippen LogP contribution is 2.19. The van der Waals surface area contributed by atoms with Crippen molar-refractivity contribution in [3.8, 4) is 11.5 Å². The van der Waals surface area contributed by atoms with Gasteiger partial charge in [0.1, 0.15) is 6.26 Å². The molecular weight excluding hydrogens is 268 g/mol. The van der Waals surface area contributed by atoms with Crippen molar-refractivity contribution >= 4 is 5.97 Å². The smallest absolute Gasteiger partial charge is 0.319 e. The molecule has 0 unspecified atom stereocenters. The quantitative estimate of drug-likeness (QED) is 0.765. The molecule has 0 saturated carbocycles. The van der Waals surface area contributed by atoms with E-state index < -0.39 is 0 Å². The zero-order valence-electron chi connectivity index (χ0n) is 12.6. The highest BCUT2D eigenvalue weighted by Gasteiger charge is 2.13. The van der Waals surface area contributed by atoms with Crippen molar-refractivity contribution in [2.24, 2.45) is 0 Å². The molecule has 0 spiro atoms. The maximum absolute atomic E-state index is 11.3. The molecular formula is C16H20N2O3. The first-order valence-electron chi connectivity index (χ1n) is 6.93. The van der Waals surface area contributed by atoms with Crippen molar-refractivity contribution in [1.82, 2.24) is 9.88 Å². The summed E-state index contributed by atoms with van der Waals surface area (Å²) >= 11 is 0. The maximum atomic E-state index is 11.3. The van der Waals surface area contributed by atoms with Gasteiger partial charge in [-0.1, -0.05) is 24.6 Å². The summed E-state index contributed by atoms with van der Waals surface area (Å²) in [6.45, 7) is 5.57. The SMILES string of the molecule is CCN(CC(=O)OC)Cc1coc(-c2ccc(C)cc2)n1. The van der Waals surface area contributed by atoms with Crippen LogP contribution in [0.25, 0.3) is 11.5 Å². The number of aromatic nitrogens is 1. The molecule has 1 aromatic heterocycles. The lowest BCUT2D eigenvalue weighted by Crippen LogP contribution is -2.30. The Morgan fingerprint density at radius 3 is 2.67 bits per heavy atom. The molecule has 0 N–H and O–H groups in total. The van der Waals surface area contributed by atoms with E-state index in [2.05, 4.69) is 9.72 Å². The van der Waals surface area contributed by atoms with Crippen molar-refractivity contribution in [2.75, 3.05) is 20.2 Å². The van der Waals surface area contributed by atoms with Gasteiger partial charge in [0.25, 0.3) is 0 Å². The van der Waals surface area contributed by atoms with Crippen LogP contribution in [0.4, 0.5) is 0 Å². The summed E-state index contributed by atoms with van der Waals surface area (Å²) in [6.07, 6.45) is 1.63. The van der Waals surface area contributed by atoms with E-state index in [1.54, 1.807) is 6.26 Å². The summed E-state index contributed by atoms with van der Waals surface area (Å²) in [5.74, 6) is 0.346. The van der Waals surface area contributed by atoms with Crippen LogP contribution in [0.5, 0.6) is 0 Å². The van der Waals surface area contributed by atoms with Gasteiger partial charge in [-0.2, -0.15) is 0 Å². The lowest BCUT2D eigenvalue weighted by atomic mass is 10.1. The van der Waals surface area contributed by atoms with Crippen molar-refractivity contribution in [1.29, 1.82) is 0 Å². The van der Waals surface area contributed by atoms with Gasteiger partial charge in [0.15, 0.2) is 0 Å². The number of ether oxygens (including phenoxy) is 1. The average molecular weight is 288 g/mol. The van der Waals surface area contributed by atoms with E-state index in [1.165, 1.54) is 12.7 Å². The number of methoxy groups -OCH3 is 1. The third-order valence-corrected chi connectivity index (χ3v) is 3.26. The monoisotopic (exact) mass is 288 g/mol. The topological polar surface area (TPSA) is 55.6 Å². The molecule has 1 aromatic carbocycles. The number of carbonyl (C=O) groups is 1. The number of esters is 1. The van der Waals surface area contributed by atoms with E-state index >= 15 is 0 Å². The first-order valence-corrected chi connectivity index (χ1v) is 6.93. The number of likely N-dealkylation sites (N-methyl/N-ethyl adjacent to an activating group) is 1. The van der Waals surface area contributed by atoms with E-state index in [1.807, 2.05) is 43.0 Å². The summed E-state index contributed by atoms with van der Waals surface area (Å²) in [7, 11) is 1.39. The number of benzene rings is 1. The zero-order chi connectivity index (χ0) is 15.2. The van der Waals surface area contributed by atoms with Crippen LogP contribution < -0.4 is 0 Å². The molecule has 5 heteroatoms. The minimum Gasteiger partial charge on any atom is -0.468 e. The highest BCUT2D eigenvalue weighted by molar-refractivity contribution is 5.71.